The van der Waals surface area contributed by atoms with Crippen molar-refractivity contribution in [2.75, 3.05) is 0 Å². The molecule has 0 bridgehead atoms. The Morgan fingerprint density at radius 3 is 2.36 bits per heavy atom. The second-order valence-electron chi connectivity index (χ2n) is 6.10. The minimum Gasteiger partial charge on any atom is -0.288 e. The van der Waals surface area contributed by atoms with Crippen molar-refractivity contribution < 1.29 is 0 Å². The fourth-order valence-electron chi connectivity index (χ4n) is 3.34. The van der Waals surface area contributed by atoms with Crippen LogP contribution in [0.3, 0.4) is 0 Å². The van der Waals surface area contributed by atoms with E-state index >= 15 is 0 Å². The van der Waals surface area contributed by atoms with Crippen LogP contribution in [0.4, 0.5) is 0 Å². The summed E-state index contributed by atoms with van der Waals surface area (Å²) in [6.45, 7) is 8.74. The first-order valence-electron chi connectivity index (χ1n) is 8.08. The molecule has 0 saturated carbocycles. The molecule has 0 spiro atoms. The molecule has 0 amide bonds. The number of rotatable bonds is 3. The van der Waals surface area contributed by atoms with E-state index in [1.165, 1.54) is 21.4 Å². The molecule has 1 nitrogen and oxygen atoms in total. The Morgan fingerprint density at radius 1 is 1.05 bits per heavy atom. The fourth-order valence-corrected chi connectivity index (χ4v) is 4.62. The van der Waals surface area contributed by atoms with Crippen LogP contribution in [-0.4, -0.2) is 0 Å². The van der Waals surface area contributed by atoms with Gasteiger partial charge in [-0.05, 0) is 47.6 Å². The zero-order chi connectivity index (χ0) is 15.9. The van der Waals surface area contributed by atoms with E-state index in [0.717, 1.165) is 28.3 Å². The molecular weight excluding hydrogens is 288 g/mol. The molecule has 0 N–H and O–H groups in total. The van der Waals surface area contributed by atoms with Gasteiger partial charge in [0.1, 0.15) is 0 Å². The van der Waals surface area contributed by atoms with Gasteiger partial charge in [0.05, 0.1) is 0 Å². The lowest BCUT2D eigenvalue weighted by Crippen LogP contribution is -2.09. The molecule has 22 heavy (non-hydrogen) atoms. The van der Waals surface area contributed by atoms with Crippen molar-refractivity contribution in [1.82, 2.24) is 0 Å². The Morgan fingerprint density at radius 2 is 1.73 bits per heavy atom. The van der Waals surface area contributed by atoms with E-state index in [9.17, 15) is 4.79 Å². The SMILES string of the molecule is CCc1cc(CC)c2sc3ccccc3c(=O)c2c1C(C)C. The average molecular weight is 310 g/mol. The number of benzene rings is 2. The van der Waals surface area contributed by atoms with E-state index in [1.807, 2.05) is 18.2 Å². The van der Waals surface area contributed by atoms with Crippen molar-refractivity contribution in [3.63, 3.8) is 0 Å². The topological polar surface area (TPSA) is 17.1 Å². The average Bonchev–Trinajstić information content (AvgIpc) is 2.53. The van der Waals surface area contributed by atoms with Crippen LogP contribution in [-0.2, 0) is 12.8 Å². The van der Waals surface area contributed by atoms with Gasteiger partial charge in [0.2, 0.25) is 0 Å². The summed E-state index contributed by atoms with van der Waals surface area (Å²) >= 11 is 1.77. The molecule has 0 fully saturated rings. The minimum atomic E-state index is 0.207. The van der Waals surface area contributed by atoms with Crippen LogP contribution >= 0.6 is 11.3 Å². The third kappa shape index (κ3) is 2.26. The summed E-state index contributed by atoms with van der Waals surface area (Å²) in [5.41, 5.74) is 4.10. The van der Waals surface area contributed by atoms with E-state index in [1.54, 1.807) is 11.3 Å². The summed E-state index contributed by atoms with van der Waals surface area (Å²) in [6, 6.07) is 10.3. The van der Waals surface area contributed by atoms with Crippen molar-refractivity contribution in [1.29, 1.82) is 0 Å². The molecule has 2 heteroatoms. The first-order chi connectivity index (χ1) is 10.6. The molecule has 0 aliphatic rings. The lowest BCUT2D eigenvalue weighted by molar-refractivity contribution is 0.852. The molecule has 0 unspecified atom stereocenters. The maximum Gasteiger partial charge on any atom is 0.196 e. The van der Waals surface area contributed by atoms with E-state index < -0.39 is 0 Å². The summed E-state index contributed by atoms with van der Waals surface area (Å²) < 4.78 is 2.28. The summed E-state index contributed by atoms with van der Waals surface area (Å²) in [5, 5.41) is 1.83. The van der Waals surface area contributed by atoms with Gasteiger partial charge in [-0.15, -0.1) is 11.3 Å². The van der Waals surface area contributed by atoms with Crippen molar-refractivity contribution in [3.05, 3.63) is 57.2 Å². The summed E-state index contributed by atoms with van der Waals surface area (Å²) in [6.07, 6.45) is 1.95. The molecular formula is C20H22OS. The number of fused-ring (bicyclic) bond motifs is 2. The van der Waals surface area contributed by atoms with Crippen molar-refractivity contribution in [2.45, 2.75) is 46.5 Å². The van der Waals surface area contributed by atoms with Crippen LogP contribution in [0.1, 0.15) is 50.3 Å². The third-order valence-corrected chi connectivity index (χ3v) is 5.64. The highest BCUT2D eigenvalue weighted by molar-refractivity contribution is 7.24. The first-order valence-corrected chi connectivity index (χ1v) is 8.90. The highest BCUT2D eigenvalue weighted by atomic mass is 32.1. The largest absolute Gasteiger partial charge is 0.288 e. The fraction of sp³-hybridized carbons (Fsp3) is 0.350. The zero-order valence-corrected chi connectivity index (χ0v) is 14.5. The van der Waals surface area contributed by atoms with E-state index in [2.05, 4.69) is 39.8 Å². The van der Waals surface area contributed by atoms with Crippen molar-refractivity contribution >= 4 is 31.5 Å². The predicted octanol–water partition coefficient (Wildman–Crippen LogP) is 5.66. The number of hydrogen-bond acceptors (Lipinski definition) is 2. The molecule has 114 valence electrons. The van der Waals surface area contributed by atoms with Crippen LogP contribution < -0.4 is 5.43 Å². The van der Waals surface area contributed by atoms with E-state index in [4.69, 9.17) is 0 Å². The van der Waals surface area contributed by atoms with Gasteiger partial charge in [0, 0.05) is 20.2 Å². The van der Waals surface area contributed by atoms with Crippen LogP contribution in [0.5, 0.6) is 0 Å². The Hall–Kier alpha value is -1.67. The molecule has 0 aliphatic heterocycles. The van der Waals surface area contributed by atoms with Gasteiger partial charge >= 0.3 is 0 Å². The lowest BCUT2D eigenvalue weighted by atomic mass is 9.89. The van der Waals surface area contributed by atoms with Gasteiger partial charge in [0.25, 0.3) is 0 Å². The predicted molar refractivity (Wildman–Crippen MR) is 98.4 cm³/mol. The minimum absolute atomic E-state index is 0.207. The first kappa shape index (κ1) is 15.2. The Bertz CT molecular complexity index is 903. The van der Waals surface area contributed by atoms with Gasteiger partial charge in [0.15, 0.2) is 5.43 Å². The van der Waals surface area contributed by atoms with Gasteiger partial charge < -0.3 is 0 Å². The Kier molecular flexibility index (Phi) is 4.05. The molecule has 3 aromatic rings. The van der Waals surface area contributed by atoms with Crippen molar-refractivity contribution in [2.24, 2.45) is 0 Å². The van der Waals surface area contributed by atoms with Gasteiger partial charge in [-0.3, -0.25) is 4.79 Å². The van der Waals surface area contributed by atoms with Crippen molar-refractivity contribution in [3.8, 4) is 0 Å². The molecule has 3 rings (SSSR count). The van der Waals surface area contributed by atoms with Crippen LogP contribution in [0.2, 0.25) is 0 Å². The quantitative estimate of drug-likeness (QED) is 0.570. The smallest absolute Gasteiger partial charge is 0.196 e. The second kappa shape index (κ2) is 5.85. The lowest BCUT2D eigenvalue weighted by Gasteiger charge is -2.18. The maximum absolute atomic E-state index is 13.2. The zero-order valence-electron chi connectivity index (χ0n) is 13.7. The van der Waals surface area contributed by atoms with Gasteiger partial charge in [-0.1, -0.05) is 45.9 Å². The van der Waals surface area contributed by atoms with Gasteiger partial charge in [-0.25, -0.2) is 0 Å². The molecule has 1 heterocycles. The molecule has 0 radical (unpaired) electrons. The molecule has 2 aromatic carbocycles. The van der Waals surface area contributed by atoms with Crippen LogP contribution in [0.25, 0.3) is 20.2 Å². The summed E-state index contributed by atoms with van der Waals surface area (Å²) in [7, 11) is 0. The van der Waals surface area contributed by atoms with Crippen LogP contribution in [0.15, 0.2) is 35.1 Å². The molecule has 0 aliphatic carbocycles. The summed E-state index contributed by atoms with van der Waals surface area (Å²) in [5.74, 6) is 0.365. The highest BCUT2D eigenvalue weighted by Crippen LogP contribution is 2.35. The molecule has 0 atom stereocenters. The standard InChI is InChI=1S/C20H22OS/c1-5-13-11-14(6-2)20-18(17(13)12(3)4)19(21)15-9-7-8-10-16(15)22-20/h7-12H,5-6H2,1-4H3. The number of hydrogen-bond donors (Lipinski definition) is 0. The highest BCUT2D eigenvalue weighted by Gasteiger charge is 2.18. The van der Waals surface area contributed by atoms with E-state index in [-0.39, 0.29) is 5.43 Å². The van der Waals surface area contributed by atoms with E-state index in [0.29, 0.717) is 5.92 Å². The third-order valence-electron chi connectivity index (χ3n) is 4.39. The Labute approximate surface area is 135 Å². The second-order valence-corrected chi connectivity index (χ2v) is 7.15. The Balaban J connectivity index is 2.62. The van der Waals surface area contributed by atoms with Crippen LogP contribution in [0, 0.1) is 0 Å². The summed E-state index contributed by atoms with van der Waals surface area (Å²) in [4.78, 5) is 13.2. The monoisotopic (exact) mass is 310 g/mol. The van der Waals surface area contributed by atoms with Gasteiger partial charge in [-0.2, -0.15) is 0 Å². The molecule has 1 aromatic heterocycles. The molecule has 0 saturated heterocycles. The number of aryl methyl sites for hydroxylation is 2. The maximum atomic E-state index is 13.2. The normalized spacial score (nSPS) is 11.7.